The van der Waals surface area contributed by atoms with Crippen LogP contribution < -0.4 is 16.4 Å². The number of nitrogens with one attached hydrogen (secondary N) is 2. The van der Waals surface area contributed by atoms with Crippen molar-refractivity contribution in [3.8, 4) is 0 Å². The Morgan fingerprint density at radius 2 is 2.09 bits per heavy atom. The first-order valence-electron chi connectivity index (χ1n) is 8.42. The highest BCUT2D eigenvalue weighted by Gasteiger charge is 2.38. The molecule has 1 atom stereocenters. The molecule has 1 saturated heterocycles. The minimum Gasteiger partial charge on any atom is -0.368 e. The Labute approximate surface area is 141 Å². The van der Waals surface area contributed by atoms with Crippen LogP contribution in [-0.2, 0) is 10.3 Å². The molecular formula is C16H24ClN5O. The molecule has 0 unspecified atom stereocenters. The van der Waals surface area contributed by atoms with Gasteiger partial charge in [-0.1, -0.05) is 30.9 Å². The summed E-state index contributed by atoms with van der Waals surface area (Å²) in [5.41, 5.74) is 6.05. The third kappa shape index (κ3) is 3.75. The number of nitrogen functional groups attached to an aromatic ring is 1. The number of piperidine rings is 1. The van der Waals surface area contributed by atoms with Crippen molar-refractivity contribution in [2.45, 2.75) is 50.5 Å². The van der Waals surface area contributed by atoms with Crippen LogP contribution in [-0.4, -0.2) is 29.0 Å². The first-order chi connectivity index (χ1) is 11.1. The molecule has 0 bridgehead atoms. The lowest BCUT2D eigenvalue weighted by Gasteiger charge is -2.39. The Kier molecular flexibility index (Phi) is 5.02. The molecule has 1 aliphatic heterocycles. The fraction of sp³-hybridized carbons (Fsp3) is 0.688. The van der Waals surface area contributed by atoms with Gasteiger partial charge < -0.3 is 16.4 Å². The lowest BCUT2D eigenvalue weighted by atomic mass is 9.78. The third-order valence-electron chi connectivity index (χ3n) is 4.94. The summed E-state index contributed by atoms with van der Waals surface area (Å²) >= 11 is 6.06. The molecule has 2 aliphatic rings. The van der Waals surface area contributed by atoms with Gasteiger partial charge in [-0.3, -0.25) is 4.79 Å². The Morgan fingerprint density at radius 1 is 1.30 bits per heavy atom. The maximum atomic E-state index is 12.8. The Bertz CT molecular complexity index is 547. The van der Waals surface area contributed by atoms with E-state index in [1.807, 2.05) is 0 Å². The van der Waals surface area contributed by atoms with Gasteiger partial charge in [0.05, 0.1) is 17.2 Å². The van der Waals surface area contributed by atoms with Gasteiger partial charge in [-0.25, -0.2) is 9.97 Å². The molecule has 6 nitrogen and oxygen atoms in total. The minimum absolute atomic E-state index is 0.0252. The molecule has 1 amide bonds. The molecule has 7 heteroatoms. The van der Waals surface area contributed by atoms with Crippen molar-refractivity contribution in [1.29, 1.82) is 0 Å². The topological polar surface area (TPSA) is 92.9 Å². The quantitative estimate of drug-likeness (QED) is 0.733. The standard InChI is InChI=1S/C16H24ClN5O/c17-13-9-12(20-15(18)21-13)16(6-2-1-3-7-16)22-14(23)11-5-4-8-19-10-11/h9,11,19H,1-8,10H2,(H,22,23)(H2,18,20,21)/t11-/m0/s1. The summed E-state index contributed by atoms with van der Waals surface area (Å²) in [4.78, 5) is 21.1. The number of halogens is 1. The van der Waals surface area contributed by atoms with Crippen LogP contribution in [0.25, 0.3) is 0 Å². The molecule has 126 valence electrons. The van der Waals surface area contributed by atoms with Crippen molar-refractivity contribution in [3.05, 3.63) is 16.9 Å². The van der Waals surface area contributed by atoms with Gasteiger partial charge in [0.2, 0.25) is 11.9 Å². The van der Waals surface area contributed by atoms with Gasteiger partial charge in [0.25, 0.3) is 0 Å². The van der Waals surface area contributed by atoms with Crippen molar-refractivity contribution < 1.29 is 4.79 Å². The Hall–Kier alpha value is -1.40. The first kappa shape index (κ1) is 16.5. The predicted octanol–water partition coefficient (Wildman–Crippen LogP) is 1.99. The van der Waals surface area contributed by atoms with E-state index < -0.39 is 5.54 Å². The van der Waals surface area contributed by atoms with Crippen LogP contribution in [0.3, 0.4) is 0 Å². The maximum absolute atomic E-state index is 12.8. The van der Waals surface area contributed by atoms with Crippen LogP contribution in [0.2, 0.25) is 5.15 Å². The summed E-state index contributed by atoms with van der Waals surface area (Å²) in [7, 11) is 0. The van der Waals surface area contributed by atoms with E-state index in [2.05, 4.69) is 20.6 Å². The zero-order valence-electron chi connectivity index (χ0n) is 13.3. The molecule has 0 radical (unpaired) electrons. The number of carbonyl (C=O) groups is 1. The number of aromatic nitrogens is 2. The monoisotopic (exact) mass is 337 g/mol. The van der Waals surface area contributed by atoms with Gasteiger partial charge >= 0.3 is 0 Å². The van der Waals surface area contributed by atoms with Gasteiger partial charge in [-0.2, -0.15) is 0 Å². The normalized spacial score (nSPS) is 24.1. The van der Waals surface area contributed by atoms with Crippen molar-refractivity contribution in [3.63, 3.8) is 0 Å². The number of rotatable bonds is 3. The molecule has 2 heterocycles. The molecule has 1 aliphatic carbocycles. The first-order valence-corrected chi connectivity index (χ1v) is 8.80. The SMILES string of the molecule is Nc1nc(Cl)cc(C2(NC(=O)[C@H]3CCCNC3)CCCCC2)n1. The summed E-state index contributed by atoms with van der Waals surface area (Å²) in [5, 5.41) is 6.91. The van der Waals surface area contributed by atoms with E-state index in [4.69, 9.17) is 17.3 Å². The summed E-state index contributed by atoms with van der Waals surface area (Å²) in [6, 6.07) is 1.74. The zero-order chi connectivity index (χ0) is 16.3. The van der Waals surface area contributed by atoms with E-state index in [1.54, 1.807) is 6.07 Å². The Balaban J connectivity index is 1.85. The fourth-order valence-electron chi connectivity index (χ4n) is 3.69. The summed E-state index contributed by atoms with van der Waals surface area (Å²) in [6.07, 6.45) is 7.00. The second kappa shape index (κ2) is 7.01. The molecule has 1 aromatic heterocycles. The van der Waals surface area contributed by atoms with Crippen LogP contribution in [0.4, 0.5) is 5.95 Å². The van der Waals surface area contributed by atoms with E-state index in [0.29, 0.717) is 5.15 Å². The lowest BCUT2D eigenvalue weighted by molar-refractivity contribution is -0.128. The number of nitrogens with zero attached hydrogens (tertiary/aromatic N) is 2. The fourth-order valence-corrected chi connectivity index (χ4v) is 3.88. The van der Waals surface area contributed by atoms with Crippen LogP contribution >= 0.6 is 11.6 Å². The van der Waals surface area contributed by atoms with Crippen LogP contribution in [0.15, 0.2) is 6.07 Å². The van der Waals surface area contributed by atoms with E-state index in [-0.39, 0.29) is 17.8 Å². The van der Waals surface area contributed by atoms with Gasteiger partial charge in [0.15, 0.2) is 0 Å². The Morgan fingerprint density at radius 3 is 2.74 bits per heavy atom. The van der Waals surface area contributed by atoms with Gasteiger partial charge in [0, 0.05) is 6.54 Å². The van der Waals surface area contributed by atoms with Gasteiger partial charge in [0.1, 0.15) is 5.15 Å². The van der Waals surface area contributed by atoms with Crippen molar-refractivity contribution >= 4 is 23.5 Å². The molecule has 4 N–H and O–H groups in total. The highest BCUT2D eigenvalue weighted by atomic mass is 35.5. The number of nitrogens with two attached hydrogens (primary N) is 1. The largest absolute Gasteiger partial charge is 0.368 e. The summed E-state index contributed by atoms with van der Waals surface area (Å²) < 4.78 is 0. The maximum Gasteiger partial charge on any atom is 0.225 e. The van der Waals surface area contributed by atoms with E-state index in [9.17, 15) is 4.79 Å². The molecule has 0 spiro atoms. The van der Waals surface area contributed by atoms with Crippen molar-refractivity contribution in [1.82, 2.24) is 20.6 Å². The average Bonchev–Trinajstić information content (AvgIpc) is 2.55. The van der Waals surface area contributed by atoms with E-state index >= 15 is 0 Å². The molecule has 1 saturated carbocycles. The molecule has 23 heavy (non-hydrogen) atoms. The highest BCUT2D eigenvalue weighted by Crippen LogP contribution is 2.37. The molecular weight excluding hydrogens is 314 g/mol. The van der Waals surface area contributed by atoms with Gasteiger partial charge in [-0.15, -0.1) is 0 Å². The minimum atomic E-state index is -0.465. The smallest absolute Gasteiger partial charge is 0.225 e. The van der Waals surface area contributed by atoms with Crippen LogP contribution in [0.5, 0.6) is 0 Å². The predicted molar refractivity (Wildman–Crippen MR) is 90.0 cm³/mol. The number of hydrogen-bond acceptors (Lipinski definition) is 5. The van der Waals surface area contributed by atoms with Gasteiger partial charge in [-0.05, 0) is 38.3 Å². The summed E-state index contributed by atoms with van der Waals surface area (Å²) in [5.74, 6) is 0.288. The van der Waals surface area contributed by atoms with Crippen molar-refractivity contribution in [2.24, 2.45) is 5.92 Å². The number of amides is 1. The number of anilines is 1. The van der Waals surface area contributed by atoms with Crippen LogP contribution in [0, 0.1) is 5.92 Å². The zero-order valence-corrected chi connectivity index (χ0v) is 14.0. The average molecular weight is 338 g/mol. The third-order valence-corrected chi connectivity index (χ3v) is 5.13. The molecule has 0 aromatic carbocycles. The molecule has 3 rings (SSSR count). The second-order valence-corrected chi connectivity index (χ2v) is 7.00. The lowest BCUT2D eigenvalue weighted by Crippen LogP contribution is -2.52. The van der Waals surface area contributed by atoms with Crippen LogP contribution in [0.1, 0.15) is 50.6 Å². The second-order valence-electron chi connectivity index (χ2n) is 6.61. The number of carbonyl (C=O) groups excluding carboxylic acids is 1. The molecule has 1 aromatic rings. The molecule has 2 fully saturated rings. The van der Waals surface area contributed by atoms with Crippen molar-refractivity contribution in [2.75, 3.05) is 18.8 Å². The highest BCUT2D eigenvalue weighted by molar-refractivity contribution is 6.29. The van der Waals surface area contributed by atoms with E-state index in [1.165, 1.54) is 6.42 Å². The summed E-state index contributed by atoms with van der Waals surface area (Å²) in [6.45, 7) is 1.74. The van der Waals surface area contributed by atoms with E-state index in [0.717, 1.165) is 57.3 Å². The number of hydrogen-bond donors (Lipinski definition) is 3.